The molecule has 36 heavy (non-hydrogen) atoms. The van der Waals surface area contributed by atoms with Crippen molar-refractivity contribution in [2.75, 3.05) is 0 Å². The fourth-order valence-electron chi connectivity index (χ4n) is 8.84. The molecule has 4 fully saturated rings. The molecule has 0 spiro atoms. The summed E-state index contributed by atoms with van der Waals surface area (Å²) in [6.45, 7) is 6.59. The van der Waals surface area contributed by atoms with Gasteiger partial charge in [0.15, 0.2) is 3.95 Å². The van der Waals surface area contributed by atoms with Crippen LogP contribution in [-0.2, 0) is 9.53 Å². The van der Waals surface area contributed by atoms with Crippen molar-refractivity contribution in [3.8, 4) is 11.3 Å². The van der Waals surface area contributed by atoms with Gasteiger partial charge in [0.25, 0.3) is 0 Å². The number of ether oxygens (including phenoxy) is 1. The molecule has 1 aromatic carbocycles. The fraction of sp³-hybridized carbons (Fsp3) is 0.633. The van der Waals surface area contributed by atoms with Crippen LogP contribution >= 0.6 is 23.6 Å². The van der Waals surface area contributed by atoms with Gasteiger partial charge in [-0.2, -0.15) is 5.10 Å². The number of nitrogens with zero attached hydrogens (tertiary/aromatic N) is 2. The van der Waals surface area contributed by atoms with Gasteiger partial charge in [0.1, 0.15) is 6.10 Å². The van der Waals surface area contributed by atoms with Crippen molar-refractivity contribution in [1.29, 1.82) is 0 Å². The molecular formula is C30H38N2O2S2. The van der Waals surface area contributed by atoms with E-state index in [1.807, 2.05) is 4.68 Å². The number of benzene rings is 1. The second-order valence-electron chi connectivity index (χ2n) is 12.3. The monoisotopic (exact) mass is 522 g/mol. The van der Waals surface area contributed by atoms with Gasteiger partial charge in [-0.25, -0.2) is 4.68 Å². The summed E-state index contributed by atoms with van der Waals surface area (Å²) in [5.74, 6) is 2.86. The van der Waals surface area contributed by atoms with E-state index in [0.717, 1.165) is 40.7 Å². The van der Waals surface area contributed by atoms with Crippen LogP contribution in [0.25, 0.3) is 11.3 Å². The molecule has 2 aromatic rings. The first kappa shape index (κ1) is 24.5. The van der Waals surface area contributed by atoms with Gasteiger partial charge in [-0.15, -0.1) is 11.3 Å². The van der Waals surface area contributed by atoms with Crippen molar-refractivity contribution in [1.82, 2.24) is 4.68 Å². The van der Waals surface area contributed by atoms with Crippen LogP contribution in [0.2, 0.25) is 0 Å². The van der Waals surface area contributed by atoms with E-state index in [4.69, 9.17) is 22.1 Å². The number of fused-ring (bicyclic) bond motifs is 5. The zero-order valence-corrected chi connectivity index (χ0v) is 23.4. The summed E-state index contributed by atoms with van der Waals surface area (Å²) in [6, 6.07) is 10.5. The Morgan fingerprint density at radius 2 is 1.83 bits per heavy atom. The largest absolute Gasteiger partial charge is 0.462 e. The van der Waals surface area contributed by atoms with E-state index in [9.17, 15) is 4.79 Å². The summed E-state index contributed by atoms with van der Waals surface area (Å²) in [5, 5.41) is 7.32. The van der Waals surface area contributed by atoms with E-state index >= 15 is 0 Å². The molecule has 0 bridgehead atoms. The molecule has 4 nitrogen and oxygen atoms in total. The number of carbonyl (C=O) groups excluding carboxylic acids is 1. The van der Waals surface area contributed by atoms with Gasteiger partial charge in [-0.1, -0.05) is 44.2 Å². The van der Waals surface area contributed by atoms with Crippen molar-refractivity contribution in [2.24, 2.45) is 39.6 Å². The van der Waals surface area contributed by atoms with E-state index in [1.165, 1.54) is 49.8 Å². The van der Waals surface area contributed by atoms with Gasteiger partial charge in [-0.3, -0.25) is 4.79 Å². The van der Waals surface area contributed by atoms with E-state index < -0.39 is 0 Å². The zero-order chi connectivity index (χ0) is 25.1. The summed E-state index contributed by atoms with van der Waals surface area (Å²) in [7, 11) is 0. The Morgan fingerprint density at radius 3 is 2.61 bits per heavy atom. The lowest BCUT2D eigenvalue weighted by Crippen LogP contribution is -2.54. The summed E-state index contributed by atoms with van der Waals surface area (Å²) < 4.78 is 8.69. The van der Waals surface area contributed by atoms with Crippen molar-refractivity contribution in [3.63, 3.8) is 0 Å². The highest BCUT2D eigenvalue weighted by Crippen LogP contribution is 2.66. The van der Waals surface area contributed by atoms with Crippen molar-refractivity contribution in [2.45, 2.75) is 84.7 Å². The average molecular weight is 523 g/mol. The average Bonchev–Trinajstić information content (AvgIpc) is 3.39. The molecule has 1 heterocycles. The van der Waals surface area contributed by atoms with Crippen LogP contribution in [0.5, 0.6) is 0 Å². The van der Waals surface area contributed by atoms with Crippen LogP contribution in [0.15, 0.2) is 40.8 Å². The molecule has 6 rings (SSSR count). The summed E-state index contributed by atoms with van der Waals surface area (Å²) in [6.07, 6.45) is 10.9. The van der Waals surface area contributed by atoms with E-state index in [-0.39, 0.29) is 17.5 Å². The number of rotatable bonds is 3. The highest BCUT2D eigenvalue weighted by molar-refractivity contribution is 7.73. The molecule has 1 aromatic heterocycles. The Bertz CT molecular complexity index is 1230. The van der Waals surface area contributed by atoms with Crippen LogP contribution in [0.1, 0.15) is 78.6 Å². The minimum atomic E-state index is -0.111. The Balaban J connectivity index is 1.22. The van der Waals surface area contributed by atoms with Crippen LogP contribution in [-0.4, -0.2) is 22.5 Å². The summed E-state index contributed by atoms with van der Waals surface area (Å²) >= 11 is 7.29. The number of hydrogen-bond acceptors (Lipinski definition) is 5. The molecule has 4 saturated carbocycles. The van der Waals surface area contributed by atoms with Crippen molar-refractivity contribution >= 4 is 35.2 Å². The molecule has 0 N–H and O–H groups in total. The van der Waals surface area contributed by atoms with E-state index in [0.29, 0.717) is 17.3 Å². The maximum absolute atomic E-state index is 11.8. The molecule has 6 heteroatoms. The van der Waals surface area contributed by atoms with Crippen LogP contribution in [0, 0.1) is 38.5 Å². The summed E-state index contributed by atoms with van der Waals surface area (Å²) in [5.41, 5.74) is 4.15. The first-order valence-electron chi connectivity index (χ1n) is 13.8. The second-order valence-corrected chi connectivity index (χ2v) is 13.8. The lowest BCUT2D eigenvalue weighted by atomic mass is 9.45. The fourth-order valence-corrected chi connectivity index (χ4v) is 9.81. The van der Waals surface area contributed by atoms with Crippen LogP contribution in [0.3, 0.4) is 0 Å². The number of hydrogen-bond donors (Lipinski definition) is 0. The number of esters is 1. The molecule has 0 radical (unpaired) electrons. The predicted octanol–water partition coefficient (Wildman–Crippen LogP) is 8.12. The molecule has 4 aliphatic carbocycles. The molecule has 0 amide bonds. The molecule has 4 aliphatic rings. The standard InChI is InChI=1S/C30H38N2O2S2/c1-19(33)34-27-12-11-24-23-10-9-21-17-22(13-15-29(21,2)25(23)14-16-30(24,27)3)31-32-26(18-36-28(32)35)20-7-5-4-6-8-20/h4-8,18,21,23-25,27H,9-17H2,1-3H3/b31-22+/t21-,23-,24-,25-,27-,29-,30-/m0/s1. The number of aromatic nitrogens is 1. The normalized spacial score (nSPS) is 38.8. The van der Waals surface area contributed by atoms with Gasteiger partial charge < -0.3 is 4.74 Å². The van der Waals surface area contributed by atoms with Gasteiger partial charge in [-0.05, 0) is 99.1 Å². The smallest absolute Gasteiger partial charge is 0.302 e. The van der Waals surface area contributed by atoms with Crippen molar-refractivity contribution < 1.29 is 9.53 Å². The maximum atomic E-state index is 11.8. The van der Waals surface area contributed by atoms with Gasteiger partial charge in [0.2, 0.25) is 0 Å². The third-order valence-corrected chi connectivity index (χ3v) is 11.9. The molecule has 0 aliphatic heterocycles. The topological polar surface area (TPSA) is 43.6 Å². The molecule has 192 valence electrons. The summed E-state index contributed by atoms with van der Waals surface area (Å²) in [4.78, 5) is 11.8. The second kappa shape index (κ2) is 9.20. The Kier molecular flexibility index (Phi) is 6.27. The third kappa shape index (κ3) is 3.94. The van der Waals surface area contributed by atoms with Crippen LogP contribution in [0.4, 0.5) is 0 Å². The first-order chi connectivity index (χ1) is 17.3. The quantitative estimate of drug-likeness (QED) is 0.302. The van der Waals surface area contributed by atoms with Crippen molar-refractivity contribution in [3.05, 3.63) is 39.7 Å². The zero-order valence-electron chi connectivity index (χ0n) is 21.7. The van der Waals surface area contributed by atoms with Gasteiger partial charge >= 0.3 is 5.97 Å². The molecule has 0 saturated heterocycles. The Hall–Kier alpha value is -1.79. The van der Waals surface area contributed by atoms with Gasteiger partial charge in [0, 0.05) is 29.0 Å². The highest BCUT2D eigenvalue weighted by Gasteiger charge is 2.60. The SMILES string of the molecule is CC(=O)O[C@H]1CC[C@H]2[C@@H]3CC[C@H]4C/C(=N/n5c(-c6ccccc6)csc5=S)CC[C@]4(C)[C@H]3CC[C@]12C. The van der Waals surface area contributed by atoms with E-state index in [2.05, 4.69) is 49.6 Å². The lowest BCUT2D eigenvalue weighted by Gasteiger charge is -2.60. The minimum absolute atomic E-state index is 0.111. The third-order valence-electron chi connectivity index (χ3n) is 10.7. The van der Waals surface area contributed by atoms with Gasteiger partial charge in [0.05, 0.1) is 5.69 Å². The van der Waals surface area contributed by atoms with Crippen LogP contribution < -0.4 is 0 Å². The molecular weight excluding hydrogens is 484 g/mol. The molecule has 0 unspecified atom stereocenters. The maximum Gasteiger partial charge on any atom is 0.302 e. The first-order valence-corrected chi connectivity index (χ1v) is 15.1. The lowest BCUT2D eigenvalue weighted by molar-refractivity contribution is -0.160. The minimum Gasteiger partial charge on any atom is -0.462 e. The molecule has 7 atom stereocenters. The van der Waals surface area contributed by atoms with E-state index in [1.54, 1.807) is 18.3 Å². The predicted molar refractivity (Wildman–Crippen MR) is 149 cm³/mol. The highest BCUT2D eigenvalue weighted by atomic mass is 32.1. The Labute approximate surface area is 224 Å². The Morgan fingerprint density at radius 1 is 1.06 bits per heavy atom. The number of thiazole rings is 1. The number of carbonyl (C=O) groups is 1.